The van der Waals surface area contributed by atoms with Crippen LogP contribution in [-0.4, -0.2) is 16.1 Å². The van der Waals surface area contributed by atoms with Gasteiger partial charge in [-0.05, 0) is 54.3 Å². The molecule has 3 heteroatoms. The molecule has 1 aromatic carbocycles. The molecule has 92 valence electrons. The Hall–Kier alpha value is -1.87. The number of rotatable bonds is 1. The first-order valence-corrected chi connectivity index (χ1v) is 6.22. The van der Waals surface area contributed by atoms with Crippen LogP contribution in [0, 0.1) is 0 Å². The van der Waals surface area contributed by atoms with Crippen molar-refractivity contribution in [2.24, 2.45) is 0 Å². The molecule has 2 aromatic rings. The number of hydrogen-bond acceptors (Lipinski definition) is 3. The molecule has 0 saturated heterocycles. The topological polar surface area (TPSA) is 45.2 Å². The third-order valence-electron chi connectivity index (χ3n) is 3.46. The number of benzene rings is 1. The summed E-state index contributed by atoms with van der Waals surface area (Å²) >= 11 is 0. The van der Waals surface area contributed by atoms with Crippen LogP contribution in [0.3, 0.4) is 0 Å². The minimum Gasteiger partial charge on any atom is -0.508 e. The molecule has 2 N–H and O–H groups in total. The highest BCUT2D eigenvalue weighted by atomic mass is 16.3. The van der Waals surface area contributed by atoms with Gasteiger partial charge in [0.1, 0.15) is 5.75 Å². The van der Waals surface area contributed by atoms with Crippen LogP contribution in [0.2, 0.25) is 0 Å². The van der Waals surface area contributed by atoms with E-state index in [1.54, 1.807) is 18.5 Å². The Balaban J connectivity index is 2.09. The average molecular weight is 240 g/mol. The lowest BCUT2D eigenvalue weighted by atomic mass is 9.87. The Labute approximate surface area is 107 Å². The number of fused-ring (bicyclic) bond motifs is 1. The SMILES string of the molecule is CC1Cc2ccc(O)cc2C(c2ccncc2)N1. The molecule has 0 amide bonds. The van der Waals surface area contributed by atoms with Crippen LogP contribution < -0.4 is 5.32 Å². The molecule has 3 nitrogen and oxygen atoms in total. The van der Waals surface area contributed by atoms with E-state index in [-0.39, 0.29) is 6.04 Å². The smallest absolute Gasteiger partial charge is 0.115 e. The van der Waals surface area contributed by atoms with Crippen LogP contribution in [0.15, 0.2) is 42.7 Å². The van der Waals surface area contributed by atoms with Gasteiger partial charge < -0.3 is 10.4 Å². The van der Waals surface area contributed by atoms with Crippen molar-refractivity contribution in [1.82, 2.24) is 10.3 Å². The molecule has 1 aliphatic rings. The number of hydrogen-bond donors (Lipinski definition) is 2. The molecule has 0 spiro atoms. The van der Waals surface area contributed by atoms with Gasteiger partial charge >= 0.3 is 0 Å². The molecule has 1 aliphatic heterocycles. The number of aromatic hydroxyl groups is 1. The van der Waals surface area contributed by atoms with Gasteiger partial charge in [-0.25, -0.2) is 0 Å². The van der Waals surface area contributed by atoms with Crippen LogP contribution in [0.4, 0.5) is 0 Å². The number of aromatic nitrogens is 1. The zero-order chi connectivity index (χ0) is 12.5. The van der Waals surface area contributed by atoms with Crippen LogP contribution in [-0.2, 0) is 6.42 Å². The van der Waals surface area contributed by atoms with Crippen molar-refractivity contribution >= 4 is 0 Å². The van der Waals surface area contributed by atoms with Crippen molar-refractivity contribution in [3.05, 3.63) is 59.4 Å². The molecule has 2 heterocycles. The van der Waals surface area contributed by atoms with Gasteiger partial charge in [0.15, 0.2) is 0 Å². The van der Waals surface area contributed by atoms with Gasteiger partial charge in [0.25, 0.3) is 0 Å². The van der Waals surface area contributed by atoms with E-state index in [1.165, 1.54) is 16.7 Å². The van der Waals surface area contributed by atoms with Crippen molar-refractivity contribution in [2.45, 2.75) is 25.4 Å². The molecule has 0 bridgehead atoms. The maximum Gasteiger partial charge on any atom is 0.115 e. The number of phenolic OH excluding ortho intramolecular Hbond substituents is 1. The molecular weight excluding hydrogens is 224 g/mol. The maximum absolute atomic E-state index is 9.68. The van der Waals surface area contributed by atoms with Gasteiger partial charge in [-0.15, -0.1) is 0 Å². The molecule has 18 heavy (non-hydrogen) atoms. The molecular formula is C15H16N2O. The van der Waals surface area contributed by atoms with E-state index in [0.717, 1.165) is 6.42 Å². The quantitative estimate of drug-likeness (QED) is 0.804. The Morgan fingerprint density at radius 3 is 2.78 bits per heavy atom. The molecule has 2 atom stereocenters. The van der Waals surface area contributed by atoms with E-state index >= 15 is 0 Å². The lowest BCUT2D eigenvalue weighted by Gasteiger charge is -2.31. The molecule has 0 fully saturated rings. The summed E-state index contributed by atoms with van der Waals surface area (Å²) in [4.78, 5) is 4.06. The Morgan fingerprint density at radius 1 is 1.22 bits per heavy atom. The van der Waals surface area contributed by atoms with Crippen LogP contribution >= 0.6 is 0 Å². The molecule has 0 saturated carbocycles. The van der Waals surface area contributed by atoms with Gasteiger partial charge in [0, 0.05) is 18.4 Å². The zero-order valence-electron chi connectivity index (χ0n) is 10.3. The second-order valence-corrected chi connectivity index (χ2v) is 4.87. The number of nitrogens with zero attached hydrogens (tertiary/aromatic N) is 1. The van der Waals surface area contributed by atoms with Gasteiger partial charge in [-0.2, -0.15) is 0 Å². The summed E-state index contributed by atoms with van der Waals surface area (Å²) in [5.74, 6) is 0.323. The zero-order valence-corrected chi connectivity index (χ0v) is 10.3. The first kappa shape index (κ1) is 11.2. The summed E-state index contributed by atoms with van der Waals surface area (Å²) < 4.78 is 0. The van der Waals surface area contributed by atoms with Crippen molar-refractivity contribution < 1.29 is 5.11 Å². The largest absolute Gasteiger partial charge is 0.508 e. The van der Waals surface area contributed by atoms with Gasteiger partial charge in [-0.1, -0.05) is 6.07 Å². The fraction of sp³-hybridized carbons (Fsp3) is 0.267. The predicted molar refractivity (Wildman–Crippen MR) is 70.5 cm³/mol. The Kier molecular flexibility index (Phi) is 2.76. The highest BCUT2D eigenvalue weighted by Gasteiger charge is 2.25. The van der Waals surface area contributed by atoms with Crippen molar-refractivity contribution in [3.8, 4) is 5.75 Å². The molecule has 2 unspecified atom stereocenters. The van der Waals surface area contributed by atoms with E-state index in [0.29, 0.717) is 11.8 Å². The summed E-state index contributed by atoms with van der Waals surface area (Å²) in [6, 6.07) is 10.3. The summed E-state index contributed by atoms with van der Waals surface area (Å²) in [7, 11) is 0. The summed E-state index contributed by atoms with van der Waals surface area (Å²) in [6.07, 6.45) is 4.61. The Bertz CT molecular complexity index is 554. The highest BCUT2D eigenvalue weighted by Crippen LogP contribution is 2.32. The van der Waals surface area contributed by atoms with Gasteiger partial charge in [0.2, 0.25) is 0 Å². The minimum absolute atomic E-state index is 0.138. The number of pyridine rings is 1. The lowest BCUT2D eigenvalue weighted by Crippen LogP contribution is -2.37. The number of phenols is 1. The minimum atomic E-state index is 0.138. The third-order valence-corrected chi connectivity index (χ3v) is 3.46. The van der Waals surface area contributed by atoms with Crippen molar-refractivity contribution in [3.63, 3.8) is 0 Å². The molecule has 0 radical (unpaired) electrons. The second-order valence-electron chi connectivity index (χ2n) is 4.87. The molecule has 1 aromatic heterocycles. The van der Waals surface area contributed by atoms with E-state index in [9.17, 15) is 5.11 Å². The van der Waals surface area contributed by atoms with Gasteiger partial charge in [0.05, 0.1) is 6.04 Å². The van der Waals surface area contributed by atoms with E-state index < -0.39 is 0 Å². The second kappa shape index (κ2) is 4.42. The van der Waals surface area contributed by atoms with Crippen LogP contribution in [0.25, 0.3) is 0 Å². The van der Waals surface area contributed by atoms with E-state index in [2.05, 4.69) is 17.2 Å². The predicted octanol–water partition coefficient (Wildman–Crippen LogP) is 2.41. The summed E-state index contributed by atoms with van der Waals surface area (Å²) in [6.45, 7) is 2.18. The highest BCUT2D eigenvalue weighted by molar-refractivity contribution is 5.43. The number of nitrogens with one attached hydrogen (secondary N) is 1. The average Bonchev–Trinajstić information content (AvgIpc) is 2.39. The lowest BCUT2D eigenvalue weighted by molar-refractivity contribution is 0.450. The van der Waals surface area contributed by atoms with E-state index in [1.807, 2.05) is 24.3 Å². The fourth-order valence-electron chi connectivity index (χ4n) is 2.63. The molecule has 0 aliphatic carbocycles. The first-order chi connectivity index (χ1) is 8.74. The normalized spacial score (nSPS) is 22.5. The maximum atomic E-state index is 9.68. The fourth-order valence-corrected chi connectivity index (χ4v) is 2.63. The van der Waals surface area contributed by atoms with Crippen molar-refractivity contribution in [1.29, 1.82) is 0 Å². The van der Waals surface area contributed by atoms with Gasteiger partial charge in [-0.3, -0.25) is 4.98 Å². The van der Waals surface area contributed by atoms with Crippen LogP contribution in [0.5, 0.6) is 5.75 Å². The summed E-state index contributed by atoms with van der Waals surface area (Å²) in [5.41, 5.74) is 3.66. The monoisotopic (exact) mass is 240 g/mol. The Morgan fingerprint density at radius 2 is 2.00 bits per heavy atom. The van der Waals surface area contributed by atoms with Crippen LogP contribution in [0.1, 0.15) is 29.7 Å². The third kappa shape index (κ3) is 1.97. The first-order valence-electron chi connectivity index (χ1n) is 6.22. The van der Waals surface area contributed by atoms with E-state index in [4.69, 9.17) is 0 Å². The summed E-state index contributed by atoms with van der Waals surface area (Å²) in [5, 5.41) is 13.3. The standard InChI is InChI=1S/C15H16N2O/c1-10-8-12-2-3-13(18)9-14(12)15(17-10)11-4-6-16-7-5-11/h2-7,9-10,15,17-18H,8H2,1H3. The van der Waals surface area contributed by atoms with Crippen molar-refractivity contribution in [2.75, 3.05) is 0 Å². The molecule has 3 rings (SSSR count).